The number of nitrogens with two attached hydrogens (primary N) is 1. The van der Waals surface area contributed by atoms with E-state index in [0.29, 0.717) is 28.7 Å². The third-order valence-electron chi connectivity index (χ3n) is 3.27. The van der Waals surface area contributed by atoms with Crippen molar-refractivity contribution < 1.29 is 8.95 Å². The van der Waals surface area contributed by atoms with E-state index in [1.807, 2.05) is 19.1 Å². The van der Waals surface area contributed by atoms with Crippen molar-refractivity contribution in [3.8, 4) is 5.75 Å². The molecule has 0 spiro atoms. The van der Waals surface area contributed by atoms with Gasteiger partial charge in [0.2, 0.25) is 0 Å². The molecule has 0 radical (unpaired) electrons. The molecule has 0 aliphatic carbocycles. The Morgan fingerprint density at radius 2 is 1.71 bits per heavy atom. The predicted octanol–water partition coefficient (Wildman–Crippen LogP) is 3.54. The lowest BCUT2D eigenvalue weighted by Gasteiger charge is -2.09. The van der Waals surface area contributed by atoms with Gasteiger partial charge < -0.3 is 10.5 Å². The van der Waals surface area contributed by atoms with Crippen LogP contribution in [0.1, 0.15) is 25.0 Å². The van der Waals surface area contributed by atoms with Gasteiger partial charge in [-0.05, 0) is 42.7 Å². The molecule has 2 rings (SSSR count). The maximum atomic E-state index is 12.5. The van der Waals surface area contributed by atoms with Gasteiger partial charge in [-0.25, -0.2) is 0 Å². The molecule has 0 bridgehead atoms. The zero-order chi connectivity index (χ0) is 15.2. The molecule has 0 saturated carbocycles. The summed E-state index contributed by atoms with van der Waals surface area (Å²) in [4.78, 5) is 0.639. The average Bonchev–Trinajstić information content (AvgIpc) is 2.50. The fourth-order valence-corrected chi connectivity index (χ4v) is 3.30. The summed E-state index contributed by atoms with van der Waals surface area (Å²) in [7, 11) is -1.17. The zero-order valence-corrected chi connectivity index (χ0v) is 13.3. The first kappa shape index (κ1) is 15.6. The molecule has 1 unspecified atom stereocenters. The van der Waals surface area contributed by atoms with E-state index in [1.54, 1.807) is 18.2 Å². The van der Waals surface area contributed by atoms with Crippen molar-refractivity contribution in [2.24, 2.45) is 0 Å². The van der Waals surface area contributed by atoms with Crippen LogP contribution in [-0.2, 0) is 23.0 Å². The minimum Gasteiger partial charge on any atom is -0.494 e. The Morgan fingerprint density at radius 1 is 1.05 bits per heavy atom. The molecule has 21 heavy (non-hydrogen) atoms. The normalized spacial score (nSPS) is 12.1. The minimum absolute atomic E-state index is 0.462. The van der Waals surface area contributed by atoms with Crippen LogP contribution in [0.5, 0.6) is 5.75 Å². The van der Waals surface area contributed by atoms with E-state index >= 15 is 0 Å². The number of hydrogen-bond donors (Lipinski definition) is 1. The second-order valence-electron chi connectivity index (χ2n) is 4.79. The molecule has 2 aromatic rings. The Balaban J connectivity index is 2.17. The molecule has 0 amide bonds. The van der Waals surface area contributed by atoms with Crippen molar-refractivity contribution in [3.63, 3.8) is 0 Å². The molecule has 3 nitrogen and oxygen atoms in total. The fourth-order valence-electron chi connectivity index (χ4n) is 2.07. The highest BCUT2D eigenvalue weighted by atomic mass is 32.2. The average molecular weight is 303 g/mol. The number of nitrogen functional groups attached to an aromatic ring is 1. The summed E-state index contributed by atoms with van der Waals surface area (Å²) < 4.78 is 18.0. The summed E-state index contributed by atoms with van der Waals surface area (Å²) in [5.41, 5.74) is 8.81. The molecule has 0 saturated heterocycles. The van der Waals surface area contributed by atoms with Gasteiger partial charge in [-0.3, -0.25) is 4.21 Å². The van der Waals surface area contributed by atoms with Crippen LogP contribution < -0.4 is 10.5 Å². The van der Waals surface area contributed by atoms with E-state index in [2.05, 4.69) is 19.1 Å². The lowest BCUT2D eigenvalue weighted by Crippen LogP contribution is -2.02. The number of aryl methyl sites for hydroxylation is 1. The van der Waals surface area contributed by atoms with Gasteiger partial charge in [0.15, 0.2) is 0 Å². The molecule has 2 N–H and O–H groups in total. The Kier molecular flexibility index (Phi) is 5.39. The van der Waals surface area contributed by atoms with Gasteiger partial charge in [-0.1, -0.05) is 31.2 Å². The lowest BCUT2D eigenvalue weighted by atomic mass is 10.1. The number of hydrogen-bond acceptors (Lipinski definition) is 3. The summed E-state index contributed by atoms with van der Waals surface area (Å²) in [5, 5.41) is 0. The topological polar surface area (TPSA) is 52.3 Å². The summed E-state index contributed by atoms with van der Waals surface area (Å²) in [6.45, 7) is 4.61. The van der Waals surface area contributed by atoms with Crippen LogP contribution in [-0.4, -0.2) is 10.8 Å². The second-order valence-corrected chi connectivity index (χ2v) is 6.21. The number of ether oxygens (including phenoxy) is 1. The van der Waals surface area contributed by atoms with Crippen molar-refractivity contribution in [3.05, 3.63) is 53.6 Å². The highest BCUT2D eigenvalue weighted by Gasteiger charge is 2.10. The number of anilines is 1. The van der Waals surface area contributed by atoms with Crippen LogP contribution in [0.15, 0.2) is 47.4 Å². The van der Waals surface area contributed by atoms with Gasteiger partial charge in [0.1, 0.15) is 5.75 Å². The summed E-state index contributed by atoms with van der Waals surface area (Å²) in [6, 6.07) is 13.5. The molecule has 0 fully saturated rings. The van der Waals surface area contributed by atoms with E-state index in [0.717, 1.165) is 12.0 Å². The maximum absolute atomic E-state index is 12.5. The molecule has 112 valence electrons. The van der Waals surface area contributed by atoms with Crippen molar-refractivity contribution in [1.82, 2.24) is 0 Å². The quantitative estimate of drug-likeness (QED) is 0.830. The van der Waals surface area contributed by atoms with E-state index in [1.165, 1.54) is 5.56 Å². The van der Waals surface area contributed by atoms with Gasteiger partial charge >= 0.3 is 0 Å². The van der Waals surface area contributed by atoms with Crippen molar-refractivity contribution in [1.29, 1.82) is 0 Å². The lowest BCUT2D eigenvalue weighted by molar-refractivity contribution is 0.339. The highest BCUT2D eigenvalue weighted by Crippen LogP contribution is 2.24. The maximum Gasteiger partial charge on any atom is 0.120 e. The van der Waals surface area contributed by atoms with Gasteiger partial charge in [0.25, 0.3) is 0 Å². The van der Waals surface area contributed by atoms with Crippen LogP contribution in [0.3, 0.4) is 0 Å². The largest absolute Gasteiger partial charge is 0.494 e. The van der Waals surface area contributed by atoms with E-state index in [9.17, 15) is 4.21 Å². The van der Waals surface area contributed by atoms with Crippen molar-refractivity contribution >= 4 is 16.5 Å². The van der Waals surface area contributed by atoms with Crippen LogP contribution in [0.2, 0.25) is 0 Å². The Bertz CT molecular complexity index is 623. The molecule has 2 aromatic carbocycles. The summed E-state index contributed by atoms with van der Waals surface area (Å²) in [5.74, 6) is 1.17. The molecule has 0 aromatic heterocycles. The van der Waals surface area contributed by atoms with Gasteiger partial charge in [0, 0.05) is 5.69 Å². The summed E-state index contributed by atoms with van der Waals surface area (Å²) >= 11 is 0. The van der Waals surface area contributed by atoms with Crippen LogP contribution in [0.25, 0.3) is 0 Å². The third-order valence-corrected chi connectivity index (χ3v) is 4.71. The van der Waals surface area contributed by atoms with Crippen LogP contribution in [0.4, 0.5) is 5.69 Å². The van der Waals surface area contributed by atoms with E-state index in [-0.39, 0.29) is 0 Å². The van der Waals surface area contributed by atoms with E-state index in [4.69, 9.17) is 10.5 Å². The number of benzene rings is 2. The SMILES string of the molecule is CCOc1ccc(N)c(S(=O)Cc2ccc(CC)cc2)c1. The van der Waals surface area contributed by atoms with Crippen molar-refractivity contribution in [2.75, 3.05) is 12.3 Å². The molecule has 1 atom stereocenters. The van der Waals surface area contributed by atoms with Crippen molar-refractivity contribution in [2.45, 2.75) is 30.9 Å². The predicted molar refractivity (Wildman–Crippen MR) is 88.0 cm³/mol. The Labute approximate surface area is 128 Å². The molecule has 0 aliphatic heterocycles. The smallest absolute Gasteiger partial charge is 0.120 e. The second kappa shape index (κ2) is 7.27. The van der Waals surface area contributed by atoms with E-state index < -0.39 is 10.8 Å². The molecule has 0 aliphatic rings. The highest BCUT2D eigenvalue weighted by molar-refractivity contribution is 7.84. The minimum atomic E-state index is -1.17. The first-order valence-corrected chi connectivity index (χ1v) is 8.44. The zero-order valence-electron chi connectivity index (χ0n) is 12.5. The van der Waals surface area contributed by atoms with Gasteiger partial charge in [-0.2, -0.15) is 0 Å². The standard InChI is InChI=1S/C17H21NO2S/c1-3-13-5-7-14(8-6-13)12-21(19)17-11-15(20-4-2)9-10-16(17)18/h5-11H,3-4,12,18H2,1-2H3. The van der Waals surface area contributed by atoms with Crippen LogP contribution in [0, 0.1) is 0 Å². The monoisotopic (exact) mass is 303 g/mol. The fraction of sp³-hybridized carbons (Fsp3) is 0.294. The third kappa shape index (κ3) is 4.08. The molecule has 4 heteroatoms. The molecular weight excluding hydrogens is 282 g/mol. The van der Waals surface area contributed by atoms with Crippen LogP contribution >= 0.6 is 0 Å². The first-order chi connectivity index (χ1) is 10.1. The first-order valence-electron chi connectivity index (χ1n) is 7.12. The molecule has 0 heterocycles. The Morgan fingerprint density at radius 3 is 2.33 bits per heavy atom. The van der Waals surface area contributed by atoms with Gasteiger partial charge in [0.05, 0.1) is 28.1 Å². The van der Waals surface area contributed by atoms with Gasteiger partial charge in [-0.15, -0.1) is 0 Å². The summed E-state index contributed by atoms with van der Waals surface area (Å²) in [6.07, 6.45) is 1.01. The number of rotatable bonds is 6. The molecular formula is C17H21NO2S. The Hall–Kier alpha value is -1.81.